The maximum absolute atomic E-state index is 11.3. The van der Waals surface area contributed by atoms with E-state index >= 15 is 0 Å². The van der Waals surface area contributed by atoms with Gasteiger partial charge in [0.2, 0.25) is 15.9 Å². The maximum Gasteiger partial charge on any atom is 0.235 e. The number of hydrogen-bond donors (Lipinski definition) is 1. The van der Waals surface area contributed by atoms with Crippen LogP contribution in [0.25, 0.3) is 0 Å². The number of amides is 1. The van der Waals surface area contributed by atoms with Crippen molar-refractivity contribution in [2.45, 2.75) is 26.8 Å². The zero-order valence-corrected chi connectivity index (χ0v) is 9.89. The van der Waals surface area contributed by atoms with Crippen molar-refractivity contribution in [1.82, 2.24) is 9.62 Å². The minimum atomic E-state index is -3.26. The second-order valence-electron chi connectivity index (χ2n) is 3.38. The fourth-order valence-electron chi connectivity index (χ4n) is 0.889. The molecule has 0 bridgehead atoms. The first-order valence-electron chi connectivity index (χ1n) is 4.53. The van der Waals surface area contributed by atoms with Crippen molar-refractivity contribution >= 4 is 15.9 Å². The number of rotatable bonds is 5. The Kier molecular flexibility index (Phi) is 5.07. The third-order valence-corrected chi connectivity index (χ3v) is 3.46. The van der Waals surface area contributed by atoms with Crippen molar-refractivity contribution in [3.63, 3.8) is 0 Å². The molecule has 0 atom stereocenters. The lowest BCUT2D eigenvalue weighted by Crippen LogP contribution is -2.41. The van der Waals surface area contributed by atoms with Crippen LogP contribution in [-0.2, 0) is 14.8 Å². The van der Waals surface area contributed by atoms with E-state index in [1.165, 1.54) is 7.05 Å². The molecular weight excluding hydrogens is 204 g/mol. The summed E-state index contributed by atoms with van der Waals surface area (Å²) >= 11 is 0. The maximum atomic E-state index is 11.3. The average molecular weight is 222 g/mol. The third kappa shape index (κ3) is 4.57. The van der Waals surface area contributed by atoms with Crippen LogP contribution in [0, 0.1) is 0 Å². The SMILES string of the molecule is CCS(=O)(=O)N(C)CC(=O)NC(C)C. The molecule has 84 valence electrons. The van der Waals surface area contributed by atoms with Crippen LogP contribution in [-0.4, -0.2) is 44.0 Å². The minimum Gasteiger partial charge on any atom is -0.353 e. The van der Waals surface area contributed by atoms with Crippen LogP contribution in [0.3, 0.4) is 0 Å². The van der Waals surface area contributed by atoms with Crippen LogP contribution in [0.15, 0.2) is 0 Å². The molecule has 0 rings (SSSR count). The van der Waals surface area contributed by atoms with E-state index in [1.807, 2.05) is 13.8 Å². The summed E-state index contributed by atoms with van der Waals surface area (Å²) in [6, 6.07) is 0.0280. The zero-order chi connectivity index (χ0) is 11.4. The molecular formula is C8H18N2O3S. The van der Waals surface area contributed by atoms with Crippen molar-refractivity contribution in [2.75, 3.05) is 19.3 Å². The summed E-state index contributed by atoms with van der Waals surface area (Å²) in [6.45, 7) is 5.08. The summed E-state index contributed by atoms with van der Waals surface area (Å²) < 4.78 is 23.6. The van der Waals surface area contributed by atoms with E-state index in [4.69, 9.17) is 0 Å². The van der Waals surface area contributed by atoms with Crippen molar-refractivity contribution in [1.29, 1.82) is 0 Å². The largest absolute Gasteiger partial charge is 0.353 e. The van der Waals surface area contributed by atoms with Gasteiger partial charge in [-0.05, 0) is 20.8 Å². The summed E-state index contributed by atoms with van der Waals surface area (Å²) in [5, 5.41) is 2.62. The first kappa shape index (κ1) is 13.4. The van der Waals surface area contributed by atoms with Crippen LogP contribution < -0.4 is 5.32 Å². The van der Waals surface area contributed by atoms with Crippen molar-refractivity contribution < 1.29 is 13.2 Å². The lowest BCUT2D eigenvalue weighted by molar-refractivity contribution is -0.121. The van der Waals surface area contributed by atoms with Gasteiger partial charge in [-0.1, -0.05) is 0 Å². The predicted octanol–water partition coefficient (Wildman–Crippen LogP) is -0.207. The molecule has 0 saturated heterocycles. The summed E-state index contributed by atoms with van der Waals surface area (Å²) in [6.07, 6.45) is 0. The zero-order valence-electron chi connectivity index (χ0n) is 9.07. The highest BCUT2D eigenvalue weighted by atomic mass is 32.2. The predicted molar refractivity (Wildman–Crippen MR) is 55.4 cm³/mol. The van der Waals surface area contributed by atoms with E-state index in [9.17, 15) is 13.2 Å². The van der Waals surface area contributed by atoms with Gasteiger partial charge >= 0.3 is 0 Å². The van der Waals surface area contributed by atoms with Crippen LogP contribution in [0.1, 0.15) is 20.8 Å². The number of carbonyl (C=O) groups excluding carboxylic acids is 1. The highest BCUT2D eigenvalue weighted by Gasteiger charge is 2.18. The lowest BCUT2D eigenvalue weighted by atomic mass is 10.4. The second kappa shape index (κ2) is 5.31. The number of hydrogen-bond acceptors (Lipinski definition) is 3. The molecule has 0 aliphatic heterocycles. The molecule has 0 heterocycles. The number of carbonyl (C=O) groups is 1. The summed E-state index contributed by atoms with van der Waals surface area (Å²) in [4.78, 5) is 11.2. The number of likely N-dealkylation sites (N-methyl/N-ethyl adjacent to an activating group) is 1. The summed E-state index contributed by atoms with van der Waals surface area (Å²) in [5.41, 5.74) is 0. The molecule has 5 nitrogen and oxygen atoms in total. The molecule has 0 saturated carbocycles. The Hall–Kier alpha value is -0.620. The van der Waals surface area contributed by atoms with E-state index < -0.39 is 10.0 Å². The second-order valence-corrected chi connectivity index (χ2v) is 5.74. The van der Waals surface area contributed by atoms with Crippen molar-refractivity contribution in [3.8, 4) is 0 Å². The Labute approximate surface area is 85.5 Å². The summed E-state index contributed by atoms with van der Waals surface area (Å²) in [5.74, 6) is -0.266. The number of sulfonamides is 1. The highest BCUT2D eigenvalue weighted by Crippen LogP contribution is 1.96. The Balaban J connectivity index is 4.20. The molecule has 0 aromatic carbocycles. The molecule has 14 heavy (non-hydrogen) atoms. The molecule has 0 unspecified atom stereocenters. The van der Waals surface area contributed by atoms with Gasteiger partial charge in [-0.2, -0.15) is 4.31 Å². The number of nitrogens with zero attached hydrogens (tertiary/aromatic N) is 1. The van der Waals surface area contributed by atoms with E-state index in [2.05, 4.69) is 5.32 Å². The molecule has 0 radical (unpaired) electrons. The van der Waals surface area contributed by atoms with E-state index in [-0.39, 0.29) is 24.2 Å². The quantitative estimate of drug-likeness (QED) is 0.700. The molecule has 0 spiro atoms. The molecule has 0 aromatic rings. The van der Waals surface area contributed by atoms with E-state index in [0.717, 1.165) is 4.31 Å². The third-order valence-electron chi connectivity index (χ3n) is 1.66. The molecule has 1 N–H and O–H groups in total. The van der Waals surface area contributed by atoms with Crippen molar-refractivity contribution in [2.24, 2.45) is 0 Å². The summed E-state index contributed by atoms with van der Waals surface area (Å²) in [7, 11) is -1.86. The smallest absolute Gasteiger partial charge is 0.235 e. The van der Waals surface area contributed by atoms with Crippen LogP contribution in [0.5, 0.6) is 0 Å². The highest BCUT2D eigenvalue weighted by molar-refractivity contribution is 7.89. The van der Waals surface area contributed by atoms with E-state index in [1.54, 1.807) is 6.92 Å². The molecule has 0 aromatic heterocycles. The van der Waals surface area contributed by atoms with Gasteiger partial charge in [-0.3, -0.25) is 4.79 Å². The van der Waals surface area contributed by atoms with Crippen molar-refractivity contribution in [3.05, 3.63) is 0 Å². The Morgan fingerprint density at radius 3 is 2.29 bits per heavy atom. The molecule has 0 fully saturated rings. The normalized spacial score (nSPS) is 12.1. The minimum absolute atomic E-state index is 0.0124. The fraction of sp³-hybridized carbons (Fsp3) is 0.875. The average Bonchev–Trinajstić information content (AvgIpc) is 2.02. The first-order valence-corrected chi connectivity index (χ1v) is 6.14. The number of nitrogens with one attached hydrogen (secondary N) is 1. The van der Waals surface area contributed by atoms with Gasteiger partial charge in [0.05, 0.1) is 12.3 Å². The van der Waals surface area contributed by atoms with Crippen LogP contribution in [0.2, 0.25) is 0 Å². The van der Waals surface area contributed by atoms with E-state index in [0.29, 0.717) is 0 Å². The monoisotopic (exact) mass is 222 g/mol. The van der Waals surface area contributed by atoms with Gasteiger partial charge < -0.3 is 5.32 Å². The van der Waals surface area contributed by atoms with Crippen LogP contribution in [0.4, 0.5) is 0 Å². The van der Waals surface area contributed by atoms with Gasteiger partial charge in [0.1, 0.15) is 0 Å². The Morgan fingerprint density at radius 2 is 1.93 bits per heavy atom. The van der Waals surface area contributed by atoms with Gasteiger partial charge in [-0.25, -0.2) is 8.42 Å². The Morgan fingerprint density at radius 1 is 1.43 bits per heavy atom. The molecule has 0 aliphatic rings. The first-order chi connectivity index (χ1) is 6.29. The molecule has 1 amide bonds. The van der Waals surface area contributed by atoms with Gasteiger partial charge in [0.15, 0.2) is 0 Å². The van der Waals surface area contributed by atoms with Gasteiger partial charge in [0, 0.05) is 13.1 Å². The van der Waals surface area contributed by atoms with Gasteiger partial charge in [-0.15, -0.1) is 0 Å². The van der Waals surface area contributed by atoms with Crippen LogP contribution >= 0.6 is 0 Å². The van der Waals surface area contributed by atoms with Gasteiger partial charge in [0.25, 0.3) is 0 Å². The standard InChI is InChI=1S/C8H18N2O3S/c1-5-14(12,13)10(4)6-8(11)9-7(2)3/h7H,5-6H2,1-4H3,(H,9,11). The molecule has 0 aliphatic carbocycles. The topological polar surface area (TPSA) is 66.5 Å². The fourth-order valence-corrected chi connectivity index (χ4v) is 1.64. The Bertz CT molecular complexity index is 285. The molecule has 6 heteroatoms. The lowest BCUT2D eigenvalue weighted by Gasteiger charge is -2.16.